The molecule has 2 aliphatic heterocycles. The Kier molecular flexibility index (Phi) is 5.78. The number of hydrogen-bond acceptors (Lipinski definition) is 4. The van der Waals surface area contributed by atoms with Crippen molar-refractivity contribution in [1.29, 1.82) is 0 Å². The second-order valence-electron chi connectivity index (χ2n) is 6.07. The summed E-state index contributed by atoms with van der Waals surface area (Å²) in [7, 11) is 0. The van der Waals surface area contributed by atoms with Gasteiger partial charge in [-0.3, -0.25) is 9.69 Å². The molecule has 0 unspecified atom stereocenters. The average Bonchev–Trinajstić information content (AvgIpc) is 2.50. The fraction of sp³-hybridized carbons (Fsp3) is 0.588. The third-order valence-corrected chi connectivity index (χ3v) is 4.88. The highest BCUT2D eigenvalue weighted by Crippen LogP contribution is 2.38. The lowest BCUT2D eigenvalue weighted by molar-refractivity contribution is -0.117. The number of amides is 1. The third-order valence-electron chi connectivity index (χ3n) is 4.22. The highest BCUT2D eigenvalue weighted by molar-refractivity contribution is 9.10. The number of benzene rings is 1. The Labute approximate surface area is 145 Å². The van der Waals surface area contributed by atoms with Crippen LogP contribution < -0.4 is 14.8 Å². The van der Waals surface area contributed by atoms with E-state index in [0.717, 1.165) is 23.2 Å². The van der Waals surface area contributed by atoms with Gasteiger partial charge in [0.05, 0.1) is 12.2 Å². The molecule has 0 spiro atoms. The van der Waals surface area contributed by atoms with E-state index in [9.17, 15) is 4.79 Å². The molecule has 5 nitrogen and oxygen atoms in total. The molecule has 3 rings (SSSR count). The first-order valence-electron chi connectivity index (χ1n) is 8.34. The van der Waals surface area contributed by atoms with Crippen molar-refractivity contribution in [3.63, 3.8) is 0 Å². The quantitative estimate of drug-likeness (QED) is 0.869. The lowest BCUT2D eigenvalue weighted by Crippen LogP contribution is -2.35. The number of likely N-dealkylation sites (tertiary alicyclic amines) is 1. The number of ether oxygens (including phenoxy) is 2. The van der Waals surface area contributed by atoms with Crippen molar-refractivity contribution in [3.05, 3.63) is 16.6 Å². The topological polar surface area (TPSA) is 50.8 Å². The highest BCUT2D eigenvalue weighted by atomic mass is 79.9. The normalized spacial score (nSPS) is 18.8. The number of fused-ring (bicyclic) bond motifs is 1. The summed E-state index contributed by atoms with van der Waals surface area (Å²) in [5.74, 6) is 1.41. The summed E-state index contributed by atoms with van der Waals surface area (Å²) in [6.07, 6.45) is 6.23. The molecule has 126 valence electrons. The van der Waals surface area contributed by atoms with Gasteiger partial charge in [-0.2, -0.15) is 0 Å². The SMILES string of the molecule is O=C(CN1CCCCCCC1)Nc1cc2c(cc1Br)OCCO2. The second kappa shape index (κ2) is 8.02. The van der Waals surface area contributed by atoms with Gasteiger partial charge in [0, 0.05) is 16.6 Å². The molecule has 0 atom stereocenters. The number of rotatable bonds is 3. The highest BCUT2D eigenvalue weighted by Gasteiger charge is 2.17. The molecule has 1 aromatic rings. The second-order valence-corrected chi connectivity index (χ2v) is 6.92. The summed E-state index contributed by atoms with van der Waals surface area (Å²) in [5.41, 5.74) is 0.728. The fourth-order valence-corrected chi connectivity index (χ4v) is 3.45. The van der Waals surface area contributed by atoms with Crippen molar-refractivity contribution < 1.29 is 14.3 Å². The zero-order valence-electron chi connectivity index (χ0n) is 13.3. The number of hydrogen-bond donors (Lipinski definition) is 1. The summed E-state index contributed by atoms with van der Waals surface area (Å²) < 4.78 is 11.9. The van der Waals surface area contributed by atoms with E-state index in [4.69, 9.17) is 9.47 Å². The van der Waals surface area contributed by atoms with Crippen LogP contribution in [-0.4, -0.2) is 43.7 Å². The van der Waals surface area contributed by atoms with E-state index in [1.165, 1.54) is 32.1 Å². The Bertz CT molecular complexity index is 557. The molecule has 23 heavy (non-hydrogen) atoms. The number of carbonyl (C=O) groups excluding carboxylic acids is 1. The van der Waals surface area contributed by atoms with Gasteiger partial charge in [-0.15, -0.1) is 0 Å². The molecule has 0 aliphatic carbocycles. The van der Waals surface area contributed by atoms with Crippen LogP contribution in [-0.2, 0) is 4.79 Å². The van der Waals surface area contributed by atoms with Crippen LogP contribution in [0, 0.1) is 0 Å². The predicted molar refractivity (Wildman–Crippen MR) is 93.3 cm³/mol. The number of nitrogens with zero attached hydrogens (tertiary/aromatic N) is 1. The maximum Gasteiger partial charge on any atom is 0.238 e. The van der Waals surface area contributed by atoms with Gasteiger partial charge >= 0.3 is 0 Å². The Morgan fingerprint density at radius 3 is 2.35 bits per heavy atom. The van der Waals surface area contributed by atoms with Crippen LogP contribution >= 0.6 is 15.9 Å². The maximum atomic E-state index is 12.4. The number of nitrogens with one attached hydrogen (secondary N) is 1. The summed E-state index contributed by atoms with van der Waals surface area (Å²) in [4.78, 5) is 14.6. The van der Waals surface area contributed by atoms with Crippen molar-refractivity contribution >= 4 is 27.5 Å². The molecule has 2 heterocycles. The van der Waals surface area contributed by atoms with Gasteiger partial charge in [-0.05, 0) is 41.9 Å². The van der Waals surface area contributed by atoms with Gasteiger partial charge in [0.2, 0.25) is 5.91 Å². The van der Waals surface area contributed by atoms with E-state index in [2.05, 4.69) is 26.1 Å². The van der Waals surface area contributed by atoms with Crippen molar-refractivity contribution in [2.75, 3.05) is 38.2 Å². The zero-order chi connectivity index (χ0) is 16.1. The van der Waals surface area contributed by atoms with Crippen LogP contribution in [0.3, 0.4) is 0 Å². The van der Waals surface area contributed by atoms with Crippen LogP contribution in [0.1, 0.15) is 32.1 Å². The van der Waals surface area contributed by atoms with E-state index >= 15 is 0 Å². The predicted octanol–water partition coefficient (Wildman–Crippen LogP) is 3.42. The van der Waals surface area contributed by atoms with E-state index < -0.39 is 0 Å². The smallest absolute Gasteiger partial charge is 0.238 e. The standard InChI is InChI=1S/C17H23BrN2O3/c18-13-10-15-16(23-9-8-22-15)11-14(13)19-17(21)12-20-6-4-2-1-3-5-7-20/h10-11H,1-9,12H2,(H,19,21). The molecule has 1 saturated heterocycles. The number of halogens is 1. The molecule has 6 heteroatoms. The summed E-state index contributed by atoms with van der Waals surface area (Å²) >= 11 is 3.49. The van der Waals surface area contributed by atoms with E-state index in [-0.39, 0.29) is 5.91 Å². The first kappa shape index (κ1) is 16.6. The maximum absolute atomic E-state index is 12.4. The van der Waals surface area contributed by atoms with E-state index in [1.54, 1.807) is 0 Å². The van der Waals surface area contributed by atoms with Gasteiger partial charge in [-0.25, -0.2) is 0 Å². The molecule has 0 bridgehead atoms. The average molecular weight is 383 g/mol. The molecule has 2 aliphatic rings. The summed E-state index contributed by atoms with van der Waals surface area (Å²) in [5, 5.41) is 2.98. The minimum Gasteiger partial charge on any atom is -0.486 e. The molecule has 1 N–H and O–H groups in total. The van der Waals surface area contributed by atoms with Gasteiger partial charge in [0.15, 0.2) is 11.5 Å². The van der Waals surface area contributed by atoms with Crippen LogP contribution in [0.4, 0.5) is 5.69 Å². The van der Waals surface area contributed by atoms with Crippen LogP contribution in [0.2, 0.25) is 0 Å². The Balaban J connectivity index is 1.60. The lowest BCUT2D eigenvalue weighted by atomic mass is 10.1. The van der Waals surface area contributed by atoms with Crippen LogP contribution in [0.25, 0.3) is 0 Å². The third kappa shape index (κ3) is 4.61. The first-order valence-corrected chi connectivity index (χ1v) is 9.13. The minimum absolute atomic E-state index is 0.0166. The molecule has 1 aromatic carbocycles. The van der Waals surface area contributed by atoms with Crippen molar-refractivity contribution in [2.24, 2.45) is 0 Å². The van der Waals surface area contributed by atoms with Gasteiger partial charge in [0.25, 0.3) is 0 Å². The van der Waals surface area contributed by atoms with E-state index in [1.807, 2.05) is 12.1 Å². The Morgan fingerprint density at radius 1 is 1.04 bits per heavy atom. The van der Waals surface area contributed by atoms with Gasteiger partial charge < -0.3 is 14.8 Å². The fourth-order valence-electron chi connectivity index (χ4n) is 3.02. The molecule has 0 radical (unpaired) electrons. The molecular weight excluding hydrogens is 360 g/mol. The van der Waals surface area contributed by atoms with Crippen molar-refractivity contribution in [1.82, 2.24) is 4.90 Å². The minimum atomic E-state index is 0.0166. The van der Waals surface area contributed by atoms with E-state index in [0.29, 0.717) is 31.3 Å². The number of anilines is 1. The lowest BCUT2D eigenvalue weighted by Gasteiger charge is -2.24. The molecule has 1 amide bonds. The Hall–Kier alpha value is -1.27. The van der Waals surface area contributed by atoms with Crippen LogP contribution in [0.15, 0.2) is 16.6 Å². The molecule has 0 aromatic heterocycles. The molecule has 1 fully saturated rings. The van der Waals surface area contributed by atoms with Gasteiger partial charge in [-0.1, -0.05) is 19.3 Å². The molecule has 0 saturated carbocycles. The summed E-state index contributed by atoms with van der Waals surface area (Å²) in [6, 6.07) is 3.67. The molecular formula is C17H23BrN2O3. The van der Waals surface area contributed by atoms with Crippen molar-refractivity contribution in [2.45, 2.75) is 32.1 Å². The van der Waals surface area contributed by atoms with Crippen LogP contribution in [0.5, 0.6) is 11.5 Å². The summed E-state index contributed by atoms with van der Waals surface area (Å²) in [6.45, 7) is 3.56. The Morgan fingerprint density at radius 2 is 1.65 bits per heavy atom. The monoisotopic (exact) mass is 382 g/mol. The van der Waals surface area contributed by atoms with Crippen molar-refractivity contribution in [3.8, 4) is 11.5 Å². The first-order chi connectivity index (χ1) is 11.2. The number of carbonyl (C=O) groups is 1. The largest absolute Gasteiger partial charge is 0.486 e. The van der Waals surface area contributed by atoms with Gasteiger partial charge in [0.1, 0.15) is 13.2 Å². The zero-order valence-corrected chi connectivity index (χ0v) is 14.9.